The summed E-state index contributed by atoms with van der Waals surface area (Å²) in [6.45, 7) is 0. The molecule has 3 amide bonds. The Morgan fingerprint density at radius 1 is 1.15 bits per heavy atom. The van der Waals surface area contributed by atoms with Crippen LogP contribution in [-0.2, 0) is 9.59 Å². The summed E-state index contributed by atoms with van der Waals surface area (Å²) in [7, 11) is 0. The summed E-state index contributed by atoms with van der Waals surface area (Å²) in [6.07, 6.45) is 5.12. The van der Waals surface area contributed by atoms with Crippen molar-refractivity contribution < 1.29 is 23.2 Å². The topological polar surface area (TPSA) is 127 Å². The van der Waals surface area contributed by atoms with E-state index >= 15 is 0 Å². The molecule has 4 N–H and O–H groups in total. The average molecular weight is 469 g/mol. The van der Waals surface area contributed by atoms with E-state index in [1.54, 1.807) is 0 Å². The van der Waals surface area contributed by atoms with E-state index in [0.29, 0.717) is 24.1 Å². The molecule has 178 valence electrons. The van der Waals surface area contributed by atoms with E-state index in [4.69, 9.17) is 0 Å². The Morgan fingerprint density at radius 2 is 1.88 bits per heavy atom. The molecule has 1 aromatic carbocycles. The van der Waals surface area contributed by atoms with Crippen LogP contribution in [0.15, 0.2) is 18.2 Å². The van der Waals surface area contributed by atoms with E-state index in [2.05, 4.69) is 27.0 Å². The van der Waals surface area contributed by atoms with Crippen LogP contribution >= 0.6 is 0 Å². The summed E-state index contributed by atoms with van der Waals surface area (Å²) in [5.74, 6) is -3.22. The first-order chi connectivity index (χ1) is 16.2. The van der Waals surface area contributed by atoms with E-state index in [9.17, 15) is 28.4 Å². The number of carbonyl (C=O) groups is 3. The zero-order valence-electron chi connectivity index (χ0n) is 18.4. The molecular formula is C24H25F2N5O3. The lowest BCUT2D eigenvalue weighted by atomic mass is 9.95. The minimum absolute atomic E-state index is 0.0720. The van der Waals surface area contributed by atoms with E-state index in [1.807, 2.05) is 0 Å². The largest absolute Gasteiger partial charge is 0.350 e. The third-order valence-corrected chi connectivity index (χ3v) is 7.04. The van der Waals surface area contributed by atoms with Gasteiger partial charge in [0.15, 0.2) is 11.6 Å². The van der Waals surface area contributed by atoms with Crippen molar-refractivity contribution in [3.05, 3.63) is 35.5 Å². The second-order valence-corrected chi connectivity index (χ2v) is 9.84. The van der Waals surface area contributed by atoms with Crippen LogP contribution in [0, 0.1) is 34.8 Å². The van der Waals surface area contributed by atoms with Gasteiger partial charge in [-0.15, -0.1) is 0 Å². The predicted molar refractivity (Wildman–Crippen MR) is 117 cm³/mol. The van der Waals surface area contributed by atoms with Gasteiger partial charge in [-0.3, -0.25) is 14.4 Å². The molecule has 1 aliphatic heterocycles. The number of nitriles is 1. The van der Waals surface area contributed by atoms with Crippen molar-refractivity contribution in [1.29, 1.82) is 5.26 Å². The van der Waals surface area contributed by atoms with Crippen LogP contribution in [0.1, 0.15) is 55.4 Å². The van der Waals surface area contributed by atoms with Gasteiger partial charge in [0.25, 0.3) is 5.91 Å². The minimum atomic E-state index is -1.03. The molecule has 2 aromatic rings. The van der Waals surface area contributed by atoms with Crippen molar-refractivity contribution in [3.8, 4) is 6.07 Å². The smallest absolute Gasteiger partial charge is 0.268 e. The van der Waals surface area contributed by atoms with Crippen molar-refractivity contribution in [2.24, 2.45) is 11.8 Å². The second kappa shape index (κ2) is 8.38. The summed E-state index contributed by atoms with van der Waals surface area (Å²) in [5.41, 5.74) is 0.225. The monoisotopic (exact) mass is 469 g/mol. The SMILES string of the molecule is N#C[C@H](C[C@@H]1CC2(CC2)NC1=O)NC(=O)C(CC1CC1)NC(=O)c1cc2cc(F)c(F)cc2[nH]1. The zero-order valence-corrected chi connectivity index (χ0v) is 18.4. The molecule has 8 nitrogen and oxygen atoms in total. The highest BCUT2D eigenvalue weighted by Crippen LogP contribution is 2.46. The van der Waals surface area contributed by atoms with Gasteiger partial charge < -0.3 is 20.9 Å². The Balaban J connectivity index is 1.25. The van der Waals surface area contributed by atoms with Gasteiger partial charge in [0.2, 0.25) is 11.8 Å². The lowest BCUT2D eigenvalue weighted by Gasteiger charge is -2.21. The number of hydrogen-bond acceptors (Lipinski definition) is 4. The van der Waals surface area contributed by atoms with Gasteiger partial charge in [-0.25, -0.2) is 8.78 Å². The lowest BCUT2D eigenvalue weighted by Crippen LogP contribution is -2.50. The molecule has 2 aliphatic carbocycles. The maximum Gasteiger partial charge on any atom is 0.268 e. The number of carbonyl (C=O) groups excluding carboxylic acids is 3. The Bertz CT molecular complexity index is 1170. The molecule has 0 radical (unpaired) electrons. The molecule has 3 atom stereocenters. The van der Waals surface area contributed by atoms with Crippen molar-refractivity contribution in [1.82, 2.24) is 20.9 Å². The Kier molecular flexibility index (Phi) is 5.50. The highest BCUT2D eigenvalue weighted by atomic mass is 19.2. The summed E-state index contributed by atoms with van der Waals surface area (Å²) in [4.78, 5) is 40.8. The van der Waals surface area contributed by atoms with Crippen LogP contribution in [0.5, 0.6) is 0 Å². The van der Waals surface area contributed by atoms with E-state index < -0.39 is 35.5 Å². The molecule has 1 aromatic heterocycles. The number of rotatable bonds is 8. The van der Waals surface area contributed by atoms with Gasteiger partial charge in [0.05, 0.1) is 6.07 Å². The van der Waals surface area contributed by atoms with Crippen LogP contribution in [0.3, 0.4) is 0 Å². The fourth-order valence-electron chi connectivity index (χ4n) is 4.75. The van der Waals surface area contributed by atoms with Crippen LogP contribution in [0.2, 0.25) is 0 Å². The van der Waals surface area contributed by atoms with Gasteiger partial charge in [-0.2, -0.15) is 5.26 Å². The second-order valence-electron chi connectivity index (χ2n) is 9.84. The van der Waals surface area contributed by atoms with Gasteiger partial charge >= 0.3 is 0 Å². The average Bonchev–Trinajstić information content (AvgIpc) is 3.69. The third kappa shape index (κ3) is 4.60. The summed E-state index contributed by atoms with van der Waals surface area (Å²) < 4.78 is 27.0. The molecule has 1 unspecified atom stereocenters. The lowest BCUT2D eigenvalue weighted by molar-refractivity contribution is -0.125. The summed E-state index contributed by atoms with van der Waals surface area (Å²) in [6, 6.07) is 3.70. The van der Waals surface area contributed by atoms with E-state index in [1.165, 1.54) is 6.07 Å². The number of halogens is 2. The van der Waals surface area contributed by atoms with Crippen molar-refractivity contribution in [2.45, 2.75) is 62.6 Å². The van der Waals surface area contributed by atoms with E-state index in [-0.39, 0.29) is 35.0 Å². The molecule has 10 heteroatoms. The van der Waals surface area contributed by atoms with Crippen molar-refractivity contribution >= 4 is 28.6 Å². The number of aromatic nitrogens is 1. The standard InChI is InChI=1S/C24H25F2N5O3/c25-16-7-13-8-20(29-18(13)9-17(16)26)23(34)30-19(5-12-1-2-12)22(33)28-15(11-27)6-14-10-24(3-4-24)31-21(14)32/h7-9,12,14-15,19,29H,1-6,10H2,(H,28,33)(H,30,34)(H,31,32)/t14-,15+,19?/m1/s1. The van der Waals surface area contributed by atoms with Gasteiger partial charge in [0.1, 0.15) is 17.8 Å². The van der Waals surface area contributed by atoms with Crippen LogP contribution in [0.25, 0.3) is 10.9 Å². The maximum absolute atomic E-state index is 13.5. The Hall–Kier alpha value is -3.48. The first-order valence-corrected chi connectivity index (χ1v) is 11.6. The number of hydrogen-bond donors (Lipinski definition) is 4. The first-order valence-electron chi connectivity index (χ1n) is 11.6. The van der Waals surface area contributed by atoms with Crippen LogP contribution < -0.4 is 16.0 Å². The molecule has 5 rings (SSSR count). The number of aromatic amines is 1. The highest BCUT2D eigenvalue weighted by Gasteiger charge is 2.52. The number of amides is 3. The molecule has 3 aliphatic rings. The predicted octanol–water partition coefficient (Wildman–Crippen LogP) is 2.41. The minimum Gasteiger partial charge on any atom is -0.350 e. The first kappa shape index (κ1) is 22.3. The van der Waals surface area contributed by atoms with Crippen LogP contribution in [-0.4, -0.2) is 40.3 Å². The van der Waals surface area contributed by atoms with Crippen LogP contribution in [0.4, 0.5) is 8.78 Å². The van der Waals surface area contributed by atoms with E-state index in [0.717, 1.165) is 37.8 Å². The number of fused-ring (bicyclic) bond motifs is 1. The molecule has 3 fully saturated rings. The quantitative estimate of drug-likeness (QED) is 0.474. The third-order valence-electron chi connectivity index (χ3n) is 7.04. The van der Waals surface area contributed by atoms with Crippen molar-refractivity contribution in [2.75, 3.05) is 0 Å². The summed E-state index contributed by atoms with van der Waals surface area (Å²) in [5, 5.41) is 18.3. The number of H-pyrrole nitrogens is 1. The number of nitrogens with one attached hydrogen (secondary N) is 4. The summed E-state index contributed by atoms with van der Waals surface area (Å²) >= 11 is 0. The number of nitrogens with zero attached hydrogens (tertiary/aromatic N) is 1. The zero-order chi connectivity index (χ0) is 24.0. The van der Waals surface area contributed by atoms with Gasteiger partial charge in [0, 0.05) is 28.4 Å². The fraction of sp³-hybridized carbons (Fsp3) is 0.500. The van der Waals surface area contributed by atoms with Gasteiger partial charge in [-0.1, -0.05) is 12.8 Å². The molecule has 0 bridgehead atoms. The Morgan fingerprint density at radius 3 is 2.53 bits per heavy atom. The van der Waals surface area contributed by atoms with Gasteiger partial charge in [-0.05, 0) is 50.2 Å². The number of benzene rings is 1. The van der Waals surface area contributed by atoms with Crippen molar-refractivity contribution in [3.63, 3.8) is 0 Å². The molecule has 34 heavy (non-hydrogen) atoms. The molecule has 2 heterocycles. The maximum atomic E-state index is 13.5. The normalized spacial score (nSPS) is 22.1. The molecular weight excluding hydrogens is 444 g/mol. The fourth-order valence-corrected chi connectivity index (χ4v) is 4.75. The Labute approximate surface area is 194 Å². The molecule has 1 saturated heterocycles. The molecule has 2 saturated carbocycles. The molecule has 1 spiro atoms. The highest BCUT2D eigenvalue weighted by molar-refractivity contribution is 6.00.